The molecule has 0 spiro atoms. The van der Waals surface area contributed by atoms with Crippen molar-refractivity contribution in [3.8, 4) is 5.75 Å². The fraction of sp³-hybridized carbons (Fsp3) is 0.391. The summed E-state index contributed by atoms with van der Waals surface area (Å²) in [4.78, 5) is 27.5. The maximum atomic E-state index is 13.3. The van der Waals surface area contributed by atoms with E-state index in [9.17, 15) is 14.0 Å². The Morgan fingerprint density at radius 2 is 1.97 bits per heavy atom. The predicted octanol–water partition coefficient (Wildman–Crippen LogP) is 3.78. The van der Waals surface area contributed by atoms with Crippen LogP contribution in [0.25, 0.3) is 0 Å². The number of amides is 2. The minimum atomic E-state index is -0.674. The van der Waals surface area contributed by atoms with Crippen LogP contribution in [0.15, 0.2) is 48.5 Å². The van der Waals surface area contributed by atoms with Gasteiger partial charge in [0.05, 0.1) is 12.0 Å². The number of carbonyl (C=O) groups excluding carboxylic acids is 2. The summed E-state index contributed by atoms with van der Waals surface area (Å²) in [6, 6.07) is 13.2. The summed E-state index contributed by atoms with van der Waals surface area (Å²) in [5.41, 5.74) is 0.616. The fourth-order valence-corrected chi connectivity index (χ4v) is 3.68. The largest absolute Gasteiger partial charge is 0.494 e. The third-order valence-corrected chi connectivity index (χ3v) is 5.29. The maximum Gasteiger partial charge on any atom is 0.253 e. The van der Waals surface area contributed by atoms with Gasteiger partial charge in [-0.25, -0.2) is 4.39 Å². The topological polar surface area (TPSA) is 58.6 Å². The van der Waals surface area contributed by atoms with Crippen LogP contribution in [0.4, 0.5) is 4.39 Å². The van der Waals surface area contributed by atoms with Crippen LogP contribution >= 0.6 is 0 Å². The van der Waals surface area contributed by atoms with Gasteiger partial charge < -0.3 is 15.0 Å². The molecule has 1 saturated heterocycles. The second-order valence-electron chi connectivity index (χ2n) is 7.66. The van der Waals surface area contributed by atoms with Crippen LogP contribution in [0.5, 0.6) is 5.75 Å². The minimum Gasteiger partial charge on any atom is -0.494 e. The third kappa shape index (κ3) is 5.13. The highest BCUT2D eigenvalue weighted by Gasteiger charge is 2.39. The zero-order valence-corrected chi connectivity index (χ0v) is 16.9. The predicted molar refractivity (Wildman–Crippen MR) is 109 cm³/mol. The highest BCUT2D eigenvalue weighted by atomic mass is 19.1. The number of benzene rings is 2. The van der Waals surface area contributed by atoms with Crippen LogP contribution in [0.2, 0.25) is 0 Å². The lowest BCUT2D eigenvalue weighted by Gasteiger charge is -2.39. The quantitative estimate of drug-likeness (QED) is 0.806. The van der Waals surface area contributed by atoms with Crippen molar-refractivity contribution in [1.82, 2.24) is 10.2 Å². The molecular weight excluding hydrogens is 371 g/mol. The Kier molecular flexibility index (Phi) is 6.52. The molecule has 6 heteroatoms. The lowest BCUT2D eigenvalue weighted by Crippen LogP contribution is -2.51. The molecule has 2 aromatic rings. The van der Waals surface area contributed by atoms with E-state index in [1.165, 1.54) is 12.1 Å². The van der Waals surface area contributed by atoms with Crippen molar-refractivity contribution in [2.24, 2.45) is 5.41 Å². The molecule has 2 amide bonds. The first-order valence-corrected chi connectivity index (χ1v) is 9.96. The number of hydrogen-bond acceptors (Lipinski definition) is 3. The number of nitrogens with one attached hydrogen (secondary N) is 1. The van der Waals surface area contributed by atoms with Crippen LogP contribution in [-0.4, -0.2) is 36.4 Å². The van der Waals surface area contributed by atoms with Gasteiger partial charge in [-0.15, -0.1) is 0 Å². The highest BCUT2D eigenvalue weighted by Crippen LogP contribution is 2.31. The van der Waals surface area contributed by atoms with E-state index in [1.54, 1.807) is 41.3 Å². The van der Waals surface area contributed by atoms with Crippen LogP contribution in [-0.2, 0) is 11.3 Å². The van der Waals surface area contributed by atoms with Gasteiger partial charge >= 0.3 is 0 Å². The number of nitrogens with zero attached hydrogens (tertiary/aromatic N) is 1. The van der Waals surface area contributed by atoms with Crippen molar-refractivity contribution >= 4 is 11.8 Å². The molecule has 1 aliphatic heterocycles. The van der Waals surface area contributed by atoms with E-state index in [1.807, 2.05) is 13.8 Å². The van der Waals surface area contributed by atoms with Crippen molar-refractivity contribution in [2.45, 2.75) is 33.2 Å². The van der Waals surface area contributed by atoms with Gasteiger partial charge in [0.25, 0.3) is 5.91 Å². The molecule has 154 valence electrons. The molecule has 5 nitrogen and oxygen atoms in total. The van der Waals surface area contributed by atoms with E-state index in [-0.39, 0.29) is 24.2 Å². The Balaban J connectivity index is 1.63. The van der Waals surface area contributed by atoms with E-state index in [0.29, 0.717) is 37.2 Å². The van der Waals surface area contributed by atoms with E-state index in [4.69, 9.17) is 4.74 Å². The molecule has 3 rings (SSSR count). The monoisotopic (exact) mass is 398 g/mol. The van der Waals surface area contributed by atoms with Crippen molar-refractivity contribution in [1.29, 1.82) is 0 Å². The van der Waals surface area contributed by atoms with Gasteiger partial charge in [0.2, 0.25) is 5.91 Å². The number of ether oxygens (including phenoxy) is 1. The molecule has 1 atom stereocenters. The lowest BCUT2D eigenvalue weighted by molar-refractivity contribution is -0.132. The first kappa shape index (κ1) is 20.8. The molecule has 2 aromatic carbocycles. The Labute approximate surface area is 170 Å². The van der Waals surface area contributed by atoms with Gasteiger partial charge in [-0.2, -0.15) is 0 Å². The second-order valence-corrected chi connectivity index (χ2v) is 7.66. The summed E-state index contributed by atoms with van der Waals surface area (Å²) in [5.74, 6) is 0.194. The van der Waals surface area contributed by atoms with E-state index in [0.717, 1.165) is 12.2 Å². The van der Waals surface area contributed by atoms with Crippen molar-refractivity contribution in [3.05, 3.63) is 65.5 Å². The summed E-state index contributed by atoms with van der Waals surface area (Å²) < 4.78 is 18.7. The zero-order valence-electron chi connectivity index (χ0n) is 16.9. The average Bonchev–Trinajstić information content (AvgIpc) is 2.72. The minimum absolute atomic E-state index is 0.0862. The molecule has 0 bridgehead atoms. The molecule has 0 aromatic heterocycles. The summed E-state index contributed by atoms with van der Waals surface area (Å²) in [7, 11) is 0. The molecule has 1 fully saturated rings. The first-order chi connectivity index (χ1) is 13.9. The van der Waals surface area contributed by atoms with Crippen LogP contribution < -0.4 is 10.1 Å². The van der Waals surface area contributed by atoms with E-state index >= 15 is 0 Å². The van der Waals surface area contributed by atoms with Crippen LogP contribution in [0, 0.1) is 11.2 Å². The summed E-state index contributed by atoms with van der Waals surface area (Å²) in [6.07, 6.45) is 1.46. The number of hydrogen-bond donors (Lipinski definition) is 1. The Hall–Kier alpha value is -2.89. The summed E-state index contributed by atoms with van der Waals surface area (Å²) in [5, 5.41) is 2.90. The highest BCUT2D eigenvalue weighted by molar-refractivity contribution is 5.95. The van der Waals surface area contributed by atoms with Crippen LogP contribution in [0.3, 0.4) is 0 Å². The Morgan fingerprint density at radius 1 is 1.21 bits per heavy atom. The maximum absolute atomic E-state index is 13.3. The number of halogens is 1. The van der Waals surface area contributed by atoms with E-state index in [2.05, 4.69) is 5.32 Å². The summed E-state index contributed by atoms with van der Waals surface area (Å²) in [6.45, 7) is 5.60. The third-order valence-electron chi connectivity index (χ3n) is 5.29. The lowest BCUT2D eigenvalue weighted by atomic mass is 9.80. The van der Waals surface area contributed by atoms with Gasteiger partial charge in [0.1, 0.15) is 11.6 Å². The molecule has 0 aliphatic carbocycles. The van der Waals surface area contributed by atoms with Gasteiger partial charge in [0, 0.05) is 25.2 Å². The zero-order chi connectivity index (χ0) is 20.9. The summed E-state index contributed by atoms with van der Waals surface area (Å²) >= 11 is 0. The van der Waals surface area contributed by atoms with Crippen molar-refractivity contribution < 1.29 is 18.7 Å². The SMILES string of the molecule is CCOc1ccc(C(=O)N2CCCC(C)(C(=O)NCc3cccc(F)c3)C2)cc1. The molecule has 1 aliphatic rings. The molecule has 0 radical (unpaired) electrons. The van der Waals surface area contributed by atoms with Crippen molar-refractivity contribution in [2.75, 3.05) is 19.7 Å². The molecular formula is C23H27FN2O3. The van der Waals surface area contributed by atoms with Crippen LogP contribution in [0.1, 0.15) is 42.6 Å². The van der Waals surface area contributed by atoms with Crippen molar-refractivity contribution in [3.63, 3.8) is 0 Å². The fourth-order valence-electron chi connectivity index (χ4n) is 3.68. The second kappa shape index (κ2) is 9.07. The smallest absolute Gasteiger partial charge is 0.253 e. The number of rotatable bonds is 6. The molecule has 1 heterocycles. The van der Waals surface area contributed by atoms with E-state index < -0.39 is 5.41 Å². The first-order valence-electron chi connectivity index (χ1n) is 9.96. The normalized spacial score (nSPS) is 18.9. The Bertz CT molecular complexity index is 869. The number of piperidine rings is 1. The van der Waals surface area contributed by atoms with Gasteiger partial charge in [-0.3, -0.25) is 9.59 Å². The Morgan fingerprint density at radius 3 is 2.66 bits per heavy atom. The number of likely N-dealkylation sites (tertiary alicyclic amines) is 1. The molecule has 0 saturated carbocycles. The molecule has 29 heavy (non-hydrogen) atoms. The molecule has 1 N–H and O–H groups in total. The van der Waals surface area contributed by atoms with Gasteiger partial charge in [-0.05, 0) is 68.7 Å². The average molecular weight is 398 g/mol. The molecule has 1 unspecified atom stereocenters. The van der Waals surface area contributed by atoms with Gasteiger partial charge in [-0.1, -0.05) is 12.1 Å². The standard InChI is InChI=1S/C23H27FN2O3/c1-3-29-20-10-8-18(9-11-20)21(27)26-13-5-12-23(2,16-26)22(28)25-15-17-6-4-7-19(24)14-17/h4,6-11,14H,3,5,12-13,15-16H2,1-2H3,(H,25,28). The van der Waals surface area contributed by atoms with Gasteiger partial charge in [0.15, 0.2) is 0 Å². The number of carbonyl (C=O) groups is 2.